The summed E-state index contributed by atoms with van der Waals surface area (Å²) < 4.78 is 14.4. The van der Waals surface area contributed by atoms with Crippen molar-refractivity contribution in [1.82, 2.24) is 5.32 Å². The first-order valence-corrected chi connectivity index (χ1v) is 6.33. The summed E-state index contributed by atoms with van der Waals surface area (Å²) in [4.78, 5) is 0. The van der Waals surface area contributed by atoms with Crippen molar-refractivity contribution in [3.8, 4) is 0 Å². The highest BCUT2D eigenvalue weighted by molar-refractivity contribution is 9.10. The average molecular weight is 288 g/mol. The molecule has 1 atom stereocenters. The van der Waals surface area contributed by atoms with E-state index in [0.29, 0.717) is 6.54 Å². The Morgan fingerprint density at radius 2 is 2.12 bits per heavy atom. The molecule has 0 radical (unpaired) electrons. The first-order valence-electron chi connectivity index (χ1n) is 5.53. The minimum absolute atomic E-state index is 0.282. The van der Waals surface area contributed by atoms with Crippen LogP contribution in [0.4, 0.5) is 4.39 Å². The molecule has 0 heterocycles. The van der Waals surface area contributed by atoms with Crippen LogP contribution in [0.1, 0.15) is 26.3 Å². The fraction of sp³-hybridized carbons (Fsp3) is 0.538. The summed E-state index contributed by atoms with van der Waals surface area (Å²) in [5.41, 5.74) is 0.108. The van der Waals surface area contributed by atoms with Gasteiger partial charge in [-0.2, -0.15) is 0 Å². The molecule has 90 valence electrons. The highest BCUT2D eigenvalue weighted by Gasteiger charge is 2.16. The highest BCUT2D eigenvalue weighted by atomic mass is 79.9. The van der Waals surface area contributed by atoms with E-state index < -0.39 is 5.67 Å². The van der Waals surface area contributed by atoms with Crippen molar-refractivity contribution in [3.05, 3.63) is 34.3 Å². The molecule has 0 saturated heterocycles. The molecule has 0 aliphatic rings. The van der Waals surface area contributed by atoms with Crippen molar-refractivity contribution < 1.29 is 4.39 Å². The second-order valence-corrected chi connectivity index (χ2v) is 5.75. The average Bonchev–Trinajstić information content (AvgIpc) is 2.14. The van der Waals surface area contributed by atoms with E-state index in [0.717, 1.165) is 10.9 Å². The zero-order valence-corrected chi connectivity index (χ0v) is 11.6. The lowest BCUT2D eigenvalue weighted by Crippen LogP contribution is -2.37. The van der Waals surface area contributed by atoms with Crippen LogP contribution in [-0.2, 0) is 6.42 Å². The van der Waals surface area contributed by atoms with Crippen molar-refractivity contribution in [1.29, 1.82) is 0 Å². The molecule has 3 heteroatoms. The Kier molecular flexibility index (Phi) is 4.93. The quantitative estimate of drug-likeness (QED) is 0.870. The largest absolute Gasteiger partial charge is 0.311 e. The van der Waals surface area contributed by atoms with Gasteiger partial charge in [-0.05, 0) is 44.9 Å². The van der Waals surface area contributed by atoms with E-state index in [1.165, 1.54) is 5.56 Å². The number of rotatable bonds is 5. The Bertz CT molecular complexity index is 333. The first kappa shape index (κ1) is 13.7. The van der Waals surface area contributed by atoms with E-state index >= 15 is 0 Å². The molecule has 1 aromatic rings. The molecular weight excluding hydrogens is 269 g/mol. The Labute approximate surface area is 106 Å². The minimum Gasteiger partial charge on any atom is -0.311 e. The smallest absolute Gasteiger partial charge is 0.117 e. The highest BCUT2D eigenvalue weighted by Crippen LogP contribution is 2.13. The standard InChI is InChI=1S/C13H19BrFN/c1-10(16-9-13(2,3)15)7-11-5-4-6-12(14)8-11/h4-6,8,10,16H,7,9H2,1-3H3. The molecule has 0 aliphatic heterocycles. The lowest BCUT2D eigenvalue weighted by molar-refractivity contribution is 0.204. The van der Waals surface area contributed by atoms with Gasteiger partial charge in [0.25, 0.3) is 0 Å². The number of hydrogen-bond donors (Lipinski definition) is 1. The summed E-state index contributed by atoms with van der Waals surface area (Å²) in [7, 11) is 0. The molecule has 0 aromatic heterocycles. The van der Waals surface area contributed by atoms with Gasteiger partial charge in [0, 0.05) is 17.1 Å². The molecule has 0 aliphatic carbocycles. The summed E-state index contributed by atoms with van der Waals surface area (Å²) in [6.45, 7) is 5.65. The molecule has 1 N–H and O–H groups in total. The van der Waals surface area contributed by atoms with Crippen LogP contribution in [-0.4, -0.2) is 18.3 Å². The van der Waals surface area contributed by atoms with Gasteiger partial charge in [0.2, 0.25) is 0 Å². The van der Waals surface area contributed by atoms with Crippen LogP contribution < -0.4 is 5.32 Å². The van der Waals surface area contributed by atoms with E-state index in [4.69, 9.17) is 0 Å². The predicted octanol–water partition coefficient (Wildman–Crippen LogP) is 3.72. The molecule has 1 aromatic carbocycles. The number of hydrogen-bond acceptors (Lipinski definition) is 1. The van der Waals surface area contributed by atoms with Gasteiger partial charge in [0.05, 0.1) is 0 Å². The second-order valence-electron chi connectivity index (χ2n) is 4.83. The molecule has 0 bridgehead atoms. The third-order valence-electron chi connectivity index (χ3n) is 2.30. The lowest BCUT2D eigenvalue weighted by atomic mass is 10.1. The lowest BCUT2D eigenvalue weighted by Gasteiger charge is -2.19. The van der Waals surface area contributed by atoms with E-state index in [-0.39, 0.29) is 6.04 Å². The third kappa shape index (κ3) is 5.61. The van der Waals surface area contributed by atoms with Crippen LogP contribution in [0.2, 0.25) is 0 Å². The maximum atomic E-state index is 13.3. The summed E-state index contributed by atoms with van der Waals surface area (Å²) in [6, 6.07) is 8.49. The van der Waals surface area contributed by atoms with Crippen LogP contribution in [0.5, 0.6) is 0 Å². The predicted molar refractivity (Wildman–Crippen MR) is 70.5 cm³/mol. The SMILES string of the molecule is CC(Cc1cccc(Br)c1)NCC(C)(C)F. The van der Waals surface area contributed by atoms with Gasteiger partial charge in [0.1, 0.15) is 5.67 Å². The fourth-order valence-corrected chi connectivity index (χ4v) is 1.95. The second kappa shape index (κ2) is 5.78. The normalized spacial score (nSPS) is 13.8. The minimum atomic E-state index is -1.15. The van der Waals surface area contributed by atoms with E-state index in [2.05, 4.69) is 40.3 Å². The van der Waals surface area contributed by atoms with E-state index in [1.54, 1.807) is 13.8 Å². The van der Waals surface area contributed by atoms with Crippen LogP contribution in [0.25, 0.3) is 0 Å². The summed E-state index contributed by atoms with van der Waals surface area (Å²) in [5, 5.41) is 3.20. The number of alkyl halides is 1. The molecule has 16 heavy (non-hydrogen) atoms. The summed E-state index contributed by atoms with van der Waals surface area (Å²) in [6.07, 6.45) is 0.912. The van der Waals surface area contributed by atoms with Crippen molar-refractivity contribution in [2.75, 3.05) is 6.54 Å². The Hall–Kier alpha value is -0.410. The molecule has 0 amide bonds. The van der Waals surface area contributed by atoms with Crippen molar-refractivity contribution in [3.63, 3.8) is 0 Å². The van der Waals surface area contributed by atoms with Gasteiger partial charge in [-0.1, -0.05) is 28.1 Å². The molecule has 0 spiro atoms. The number of nitrogens with one attached hydrogen (secondary N) is 1. The van der Waals surface area contributed by atoms with Gasteiger partial charge in [-0.15, -0.1) is 0 Å². The monoisotopic (exact) mass is 287 g/mol. The van der Waals surface area contributed by atoms with Gasteiger partial charge in [-0.3, -0.25) is 0 Å². The molecule has 0 fully saturated rings. The molecule has 1 rings (SSSR count). The summed E-state index contributed by atoms with van der Waals surface area (Å²) in [5.74, 6) is 0. The summed E-state index contributed by atoms with van der Waals surface area (Å²) >= 11 is 3.44. The molecular formula is C13H19BrFN. The molecule has 1 unspecified atom stereocenters. The first-order chi connectivity index (χ1) is 7.37. The third-order valence-corrected chi connectivity index (χ3v) is 2.80. The number of halogens is 2. The zero-order chi connectivity index (χ0) is 12.2. The van der Waals surface area contributed by atoms with Crippen LogP contribution in [0.3, 0.4) is 0 Å². The van der Waals surface area contributed by atoms with Crippen molar-refractivity contribution in [2.24, 2.45) is 0 Å². The Morgan fingerprint density at radius 3 is 2.69 bits per heavy atom. The Morgan fingerprint density at radius 1 is 1.44 bits per heavy atom. The van der Waals surface area contributed by atoms with Gasteiger partial charge >= 0.3 is 0 Å². The number of benzene rings is 1. The van der Waals surface area contributed by atoms with Crippen LogP contribution in [0, 0.1) is 0 Å². The van der Waals surface area contributed by atoms with Crippen LogP contribution >= 0.6 is 15.9 Å². The fourth-order valence-electron chi connectivity index (χ4n) is 1.51. The topological polar surface area (TPSA) is 12.0 Å². The van der Waals surface area contributed by atoms with Gasteiger partial charge in [-0.25, -0.2) is 4.39 Å². The Balaban J connectivity index is 2.43. The van der Waals surface area contributed by atoms with Crippen molar-refractivity contribution >= 4 is 15.9 Å². The maximum absolute atomic E-state index is 13.3. The maximum Gasteiger partial charge on any atom is 0.117 e. The van der Waals surface area contributed by atoms with Gasteiger partial charge in [0.15, 0.2) is 0 Å². The molecule has 1 nitrogen and oxygen atoms in total. The van der Waals surface area contributed by atoms with Crippen LogP contribution in [0.15, 0.2) is 28.7 Å². The molecule has 0 saturated carbocycles. The zero-order valence-electron chi connectivity index (χ0n) is 10.1. The van der Waals surface area contributed by atoms with Crippen molar-refractivity contribution in [2.45, 2.75) is 38.9 Å². The van der Waals surface area contributed by atoms with E-state index in [9.17, 15) is 4.39 Å². The van der Waals surface area contributed by atoms with Gasteiger partial charge < -0.3 is 5.32 Å². The van der Waals surface area contributed by atoms with E-state index in [1.807, 2.05) is 12.1 Å².